The third-order valence-corrected chi connectivity index (χ3v) is 6.61. The van der Waals surface area contributed by atoms with Gasteiger partial charge in [-0.1, -0.05) is 24.6 Å². The quantitative estimate of drug-likeness (QED) is 0.837. The van der Waals surface area contributed by atoms with E-state index in [-0.39, 0.29) is 18.1 Å². The first-order chi connectivity index (χ1) is 11.1. The molecule has 23 heavy (non-hydrogen) atoms. The second kappa shape index (κ2) is 7.01. The van der Waals surface area contributed by atoms with E-state index in [0.717, 1.165) is 32.6 Å². The zero-order valence-electron chi connectivity index (χ0n) is 13.4. The lowest BCUT2D eigenvalue weighted by atomic mass is 9.99. The number of sulfone groups is 1. The maximum Gasteiger partial charge on any atom is 0.223 e. The molecule has 0 radical (unpaired) electrons. The number of carbonyl (C=O) groups excluding carboxylic acids is 1. The first-order valence-electron chi connectivity index (χ1n) is 8.36. The van der Waals surface area contributed by atoms with Crippen LogP contribution in [0, 0.1) is 0 Å². The van der Waals surface area contributed by atoms with E-state index in [1.807, 2.05) is 4.90 Å². The van der Waals surface area contributed by atoms with Gasteiger partial charge < -0.3 is 4.90 Å². The third-order valence-electron chi connectivity index (χ3n) is 4.88. The summed E-state index contributed by atoms with van der Waals surface area (Å²) in [5, 5.41) is 0. The summed E-state index contributed by atoms with van der Waals surface area (Å²) in [7, 11) is -3.38. The number of piperazine rings is 1. The van der Waals surface area contributed by atoms with E-state index in [1.54, 1.807) is 30.3 Å². The second-order valence-electron chi connectivity index (χ2n) is 6.41. The Morgan fingerprint density at radius 2 is 1.87 bits per heavy atom. The number of hydrogen-bond acceptors (Lipinski definition) is 4. The summed E-state index contributed by atoms with van der Waals surface area (Å²) in [6, 6.07) is 8.83. The Hall–Kier alpha value is -1.40. The summed E-state index contributed by atoms with van der Waals surface area (Å²) in [5.41, 5.74) is 0. The Balaban J connectivity index is 1.55. The van der Waals surface area contributed by atoms with Crippen LogP contribution in [-0.4, -0.2) is 62.1 Å². The number of amides is 1. The second-order valence-corrected chi connectivity index (χ2v) is 8.52. The number of nitrogens with zero attached hydrogens (tertiary/aromatic N) is 2. The van der Waals surface area contributed by atoms with Gasteiger partial charge in [-0.05, 0) is 31.5 Å². The minimum absolute atomic E-state index is 0.0327. The van der Waals surface area contributed by atoms with Crippen LogP contribution in [0.1, 0.15) is 25.7 Å². The van der Waals surface area contributed by atoms with Gasteiger partial charge in [0.15, 0.2) is 9.84 Å². The molecule has 3 rings (SSSR count). The fourth-order valence-electron chi connectivity index (χ4n) is 3.51. The molecule has 2 aliphatic heterocycles. The van der Waals surface area contributed by atoms with Crippen molar-refractivity contribution in [2.75, 3.05) is 31.9 Å². The van der Waals surface area contributed by atoms with E-state index in [9.17, 15) is 13.2 Å². The van der Waals surface area contributed by atoms with Crippen molar-refractivity contribution >= 4 is 15.7 Å². The Morgan fingerprint density at radius 1 is 1.09 bits per heavy atom. The van der Waals surface area contributed by atoms with Crippen LogP contribution in [0.25, 0.3) is 0 Å². The molecule has 2 aliphatic rings. The van der Waals surface area contributed by atoms with Crippen LogP contribution >= 0.6 is 0 Å². The highest BCUT2D eigenvalue weighted by atomic mass is 32.2. The van der Waals surface area contributed by atoms with Crippen LogP contribution in [0.15, 0.2) is 35.2 Å². The molecule has 1 unspecified atom stereocenters. The Morgan fingerprint density at radius 3 is 2.65 bits per heavy atom. The minimum Gasteiger partial charge on any atom is -0.340 e. The lowest BCUT2D eigenvalue weighted by molar-refractivity contribution is -0.134. The molecule has 1 aromatic rings. The van der Waals surface area contributed by atoms with Crippen molar-refractivity contribution in [1.29, 1.82) is 0 Å². The Kier molecular flexibility index (Phi) is 5.02. The van der Waals surface area contributed by atoms with E-state index in [4.69, 9.17) is 0 Å². The van der Waals surface area contributed by atoms with Crippen molar-refractivity contribution in [3.63, 3.8) is 0 Å². The molecule has 2 fully saturated rings. The molecule has 1 atom stereocenters. The fraction of sp³-hybridized carbons (Fsp3) is 0.588. The van der Waals surface area contributed by atoms with Crippen LogP contribution in [0.2, 0.25) is 0 Å². The number of rotatable bonds is 4. The number of benzene rings is 1. The van der Waals surface area contributed by atoms with Crippen LogP contribution in [0.5, 0.6) is 0 Å². The molecule has 1 amide bonds. The highest BCUT2D eigenvalue weighted by molar-refractivity contribution is 7.91. The van der Waals surface area contributed by atoms with E-state index in [1.165, 1.54) is 12.8 Å². The summed E-state index contributed by atoms with van der Waals surface area (Å²) >= 11 is 0. The zero-order chi connectivity index (χ0) is 16.3. The summed E-state index contributed by atoms with van der Waals surface area (Å²) in [6.07, 6.45) is 3.70. The monoisotopic (exact) mass is 336 g/mol. The van der Waals surface area contributed by atoms with Crippen LogP contribution in [0.4, 0.5) is 0 Å². The molecule has 0 spiro atoms. The molecule has 2 heterocycles. The molecule has 126 valence electrons. The average molecular weight is 336 g/mol. The summed E-state index contributed by atoms with van der Waals surface area (Å²) in [4.78, 5) is 17.0. The van der Waals surface area contributed by atoms with Gasteiger partial charge in [-0.3, -0.25) is 9.69 Å². The standard InChI is InChI=1S/C17H24N2O3S/c20-17(9-13-23(21,22)16-7-2-1-3-8-16)19-12-11-18-10-5-4-6-15(18)14-19/h1-3,7-8,15H,4-6,9-14H2. The van der Waals surface area contributed by atoms with Crippen molar-refractivity contribution in [2.45, 2.75) is 36.6 Å². The van der Waals surface area contributed by atoms with E-state index in [0.29, 0.717) is 10.9 Å². The van der Waals surface area contributed by atoms with Gasteiger partial charge in [-0.2, -0.15) is 0 Å². The molecule has 0 aliphatic carbocycles. The number of piperidine rings is 1. The van der Waals surface area contributed by atoms with Gasteiger partial charge in [0.1, 0.15) is 0 Å². The number of carbonyl (C=O) groups is 1. The molecule has 5 nitrogen and oxygen atoms in total. The van der Waals surface area contributed by atoms with Crippen molar-refractivity contribution < 1.29 is 13.2 Å². The minimum atomic E-state index is -3.38. The number of fused-ring (bicyclic) bond motifs is 1. The SMILES string of the molecule is O=C(CCS(=O)(=O)c1ccccc1)N1CCN2CCCCC2C1. The molecule has 0 aromatic heterocycles. The van der Waals surface area contributed by atoms with Gasteiger partial charge in [0.05, 0.1) is 10.6 Å². The maximum absolute atomic E-state index is 12.4. The van der Waals surface area contributed by atoms with Crippen molar-refractivity contribution in [3.8, 4) is 0 Å². The van der Waals surface area contributed by atoms with E-state index < -0.39 is 9.84 Å². The van der Waals surface area contributed by atoms with Gasteiger partial charge in [-0.15, -0.1) is 0 Å². The third kappa shape index (κ3) is 3.93. The van der Waals surface area contributed by atoms with E-state index in [2.05, 4.69) is 4.90 Å². The van der Waals surface area contributed by atoms with E-state index >= 15 is 0 Å². The van der Waals surface area contributed by atoms with Crippen LogP contribution < -0.4 is 0 Å². The van der Waals surface area contributed by atoms with Gasteiger partial charge >= 0.3 is 0 Å². The number of hydrogen-bond donors (Lipinski definition) is 0. The highest BCUT2D eigenvalue weighted by Gasteiger charge is 2.31. The van der Waals surface area contributed by atoms with Gasteiger partial charge in [0.25, 0.3) is 0 Å². The molecule has 1 aromatic carbocycles. The lowest BCUT2D eigenvalue weighted by Crippen LogP contribution is -2.56. The Labute approximate surface area is 138 Å². The molecule has 2 saturated heterocycles. The van der Waals surface area contributed by atoms with Gasteiger partial charge in [0, 0.05) is 32.1 Å². The average Bonchev–Trinajstić information content (AvgIpc) is 2.60. The van der Waals surface area contributed by atoms with Crippen molar-refractivity contribution in [1.82, 2.24) is 9.80 Å². The normalized spacial score (nSPS) is 22.6. The lowest BCUT2D eigenvalue weighted by Gasteiger charge is -2.44. The first-order valence-corrected chi connectivity index (χ1v) is 10.0. The first kappa shape index (κ1) is 16.5. The molecular weight excluding hydrogens is 312 g/mol. The van der Waals surface area contributed by atoms with Gasteiger partial charge in [-0.25, -0.2) is 8.42 Å². The topological polar surface area (TPSA) is 57.7 Å². The molecule has 0 saturated carbocycles. The largest absolute Gasteiger partial charge is 0.340 e. The predicted molar refractivity (Wildman–Crippen MR) is 88.9 cm³/mol. The molecule has 6 heteroatoms. The molecule has 0 N–H and O–H groups in total. The van der Waals surface area contributed by atoms with Crippen molar-refractivity contribution in [2.24, 2.45) is 0 Å². The van der Waals surface area contributed by atoms with Crippen LogP contribution in [-0.2, 0) is 14.6 Å². The summed E-state index contributed by atoms with van der Waals surface area (Å²) in [6.45, 7) is 3.53. The maximum atomic E-state index is 12.4. The van der Waals surface area contributed by atoms with Gasteiger partial charge in [0.2, 0.25) is 5.91 Å². The fourth-order valence-corrected chi connectivity index (χ4v) is 4.76. The summed E-state index contributed by atoms with van der Waals surface area (Å²) < 4.78 is 24.5. The Bertz CT molecular complexity index is 645. The zero-order valence-corrected chi connectivity index (χ0v) is 14.2. The smallest absolute Gasteiger partial charge is 0.223 e. The van der Waals surface area contributed by atoms with Crippen LogP contribution in [0.3, 0.4) is 0 Å². The molecular formula is C17H24N2O3S. The summed E-state index contributed by atoms with van der Waals surface area (Å²) in [5.74, 6) is -0.143. The van der Waals surface area contributed by atoms with Crippen molar-refractivity contribution in [3.05, 3.63) is 30.3 Å². The molecule has 0 bridgehead atoms. The highest BCUT2D eigenvalue weighted by Crippen LogP contribution is 2.21. The predicted octanol–water partition coefficient (Wildman–Crippen LogP) is 1.55.